The van der Waals surface area contributed by atoms with Crippen LogP contribution in [0.2, 0.25) is 0 Å². The van der Waals surface area contributed by atoms with Crippen molar-refractivity contribution in [3.63, 3.8) is 0 Å². The summed E-state index contributed by atoms with van der Waals surface area (Å²) < 4.78 is 1.31. The van der Waals surface area contributed by atoms with Gasteiger partial charge >= 0.3 is 5.69 Å². The van der Waals surface area contributed by atoms with Crippen molar-refractivity contribution >= 4 is 17.5 Å². The number of nitrogens with one attached hydrogen (secondary N) is 1. The number of hydrogen-bond acceptors (Lipinski definition) is 6. The number of carbonyl (C=O) groups excluding carboxylic acids is 1. The van der Waals surface area contributed by atoms with Gasteiger partial charge in [0.05, 0.1) is 10.5 Å². The van der Waals surface area contributed by atoms with Gasteiger partial charge < -0.3 is 5.11 Å². The Morgan fingerprint density at radius 2 is 2.26 bits per heavy atom. The van der Waals surface area contributed by atoms with Crippen molar-refractivity contribution < 1.29 is 14.8 Å². The van der Waals surface area contributed by atoms with Crippen molar-refractivity contribution in [3.05, 3.63) is 40.2 Å². The number of phenols is 1. The smallest absolute Gasteiger partial charge is 0.311 e. The molecular weight excluding hydrogens is 254 g/mol. The number of benzene rings is 1. The molecule has 0 fully saturated rings. The highest BCUT2D eigenvalue weighted by atomic mass is 16.6. The Morgan fingerprint density at radius 3 is 2.84 bits per heavy atom. The fourth-order valence-electron chi connectivity index (χ4n) is 1.44. The van der Waals surface area contributed by atoms with Crippen molar-refractivity contribution in [2.24, 2.45) is 7.05 Å². The maximum Gasteiger partial charge on any atom is 0.311 e. The van der Waals surface area contributed by atoms with Gasteiger partial charge in [-0.1, -0.05) is 6.07 Å². The number of nitro benzene ring substituents is 1. The number of anilines is 1. The molecule has 0 unspecified atom stereocenters. The Labute approximate surface area is 106 Å². The van der Waals surface area contributed by atoms with Gasteiger partial charge in [-0.2, -0.15) is 10.1 Å². The Hall–Kier alpha value is -2.97. The van der Waals surface area contributed by atoms with Crippen molar-refractivity contribution in [1.29, 1.82) is 0 Å². The second-order valence-corrected chi connectivity index (χ2v) is 3.59. The van der Waals surface area contributed by atoms with Gasteiger partial charge in [0, 0.05) is 13.1 Å². The lowest BCUT2D eigenvalue weighted by molar-refractivity contribution is -0.385. The third kappa shape index (κ3) is 2.34. The average molecular weight is 263 g/mol. The van der Waals surface area contributed by atoms with E-state index in [0.717, 1.165) is 6.07 Å². The first-order valence-corrected chi connectivity index (χ1v) is 5.12. The van der Waals surface area contributed by atoms with E-state index in [0.29, 0.717) is 0 Å². The number of aromatic hydroxyl groups is 1. The topological polar surface area (TPSA) is 123 Å². The molecule has 2 rings (SSSR count). The van der Waals surface area contributed by atoms with Crippen LogP contribution in [0, 0.1) is 10.1 Å². The van der Waals surface area contributed by atoms with Crippen LogP contribution >= 0.6 is 0 Å². The summed E-state index contributed by atoms with van der Waals surface area (Å²) in [7, 11) is 1.57. The molecule has 2 N–H and O–H groups in total. The molecule has 98 valence electrons. The van der Waals surface area contributed by atoms with Crippen LogP contribution in [0.25, 0.3) is 0 Å². The number of rotatable bonds is 3. The number of amides is 1. The Morgan fingerprint density at radius 1 is 1.53 bits per heavy atom. The van der Waals surface area contributed by atoms with E-state index in [1.807, 2.05) is 0 Å². The van der Waals surface area contributed by atoms with E-state index < -0.39 is 22.3 Å². The third-order valence-electron chi connectivity index (χ3n) is 2.39. The van der Waals surface area contributed by atoms with Gasteiger partial charge in [0.1, 0.15) is 6.33 Å². The number of aryl methyl sites for hydroxylation is 1. The molecule has 0 bridgehead atoms. The first kappa shape index (κ1) is 12.5. The number of phenolic OH excluding ortho intramolecular Hbond substituents is 1. The van der Waals surface area contributed by atoms with Gasteiger partial charge in [0.15, 0.2) is 0 Å². The summed E-state index contributed by atoms with van der Waals surface area (Å²) in [6.45, 7) is 0. The highest BCUT2D eigenvalue weighted by Gasteiger charge is 2.21. The predicted octanol–water partition coefficient (Wildman–Crippen LogP) is 0.681. The SMILES string of the molecule is Cn1ncnc1NC(=O)c1cccc([N+](=O)[O-])c1O. The van der Waals surface area contributed by atoms with Gasteiger partial charge in [0.2, 0.25) is 11.7 Å². The summed E-state index contributed by atoms with van der Waals surface area (Å²) in [4.78, 5) is 25.5. The molecule has 0 aliphatic rings. The monoisotopic (exact) mass is 263 g/mol. The molecule has 0 aliphatic carbocycles. The molecule has 1 heterocycles. The fraction of sp³-hybridized carbons (Fsp3) is 0.100. The van der Waals surface area contributed by atoms with Crippen LogP contribution in [0.15, 0.2) is 24.5 Å². The number of hydrogen-bond donors (Lipinski definition) is 2. The lowest BCUT2D eigenvalue weighted by Gasteiger charge is -2.05. The van der Waals surface area contributed by atoms with E-state index in [4.69, 9.17) is 0 Å². The zero-order valence-corrected chi connectivity index (χ0v) is 9.77. The van der Waals surface area contributed by atoms with Gasteiger partial charge in [-0.15, -0.1) is 0 Å². The molecule has 19 heavy (non-hydrogen) atoms. The van der Waals surface area contributed by atoms with E-state index >= 15 is 0 Å². The molecule has 1 aromatic carbocycles. The summed E-state index contributed by atoms with van der Waals surface area (Å²) in [6, 6.07) is 3.69. The number of aromatic nitrogens is 3. The fourth-order valence-corrected chi connectivity index (χ4v) is 1.44. The Bertz CT molecular complexity index is 651. The standard InChI is InChI=1S/C10H9N5O4/c1-14-10(11-5-12-14)13-9(17)6-3-2-4-7(8(6)16)15(18)19/h2-5,16H,1H3,(H,11,12,13,17). The average Bonchev–Trinajstić information content (AvgIpc) is 2.74. The summed E-state index contributed by atoms with van der Waals surface area (Å²) in [6.07, 6.45) is 1.24. The van der Waals surface area contributed by atoms with Gasteiger partial charge in [-0.3, -0.25) is 20.2 Å². The van der Waals surface area contributed by atoms with Crippen LogP contribution in [-0.4, -0.2) is 30.7 Å². The molecule has 9 nitrogen and oxygen atoms in total. The van der Waals surface area contributed by atoms with E-state index in [2.05, 4.69) is 15.4 Å². The van der Waals surface area contributed by atoms with Gasteiger partial charge in [-0.25, -0.2) is 4.68 Å². The first-order chi connectivity index (χ1) is 9.00. The van der Waals surface area contributed by atoms with Crippen molar-refractivity contribution in [2.75, 3.05) is 5.32 Å². The number of para-hydroxylation sites is 1. The molecule has 1 amide bonds. The lowest BCUT2D eigenvalue weighted by Crippen LogP contribution is -2.15. The molecule has 2 aromatic rings. The number of carbonyl (C=O) groups is 1. The van der Waals surface area contributed by atoms with Crippen LogP contribution in [0.5, 0.6) is 5.75 Å². The molecule has 1 aromatic heterocycles. The summed E-state index contributed by atoms with van der Waals surface area (Å²) in [5.74, 6) is -1.24. The first-order valence-electron chi connectivity index (χ1n) is 5.12. The second kappa shape index (κ2) is 4.72. The highest BCUT2D eigenvalue weighted by molar-refractivity contribution is 6.06. The predicted molar refractivity (Wildman–Crippen MR) is 63.7 cm³/mol. The van der Waals surface area contributed by atoms with Crippen LogP contribution < -0.4 is 5.32 Å². The molecule has 0 spiro atoms. The molecule has 0 aliphatic heterocycles. The molecule has 0 saturated carbocycles. The minimum Gasteiger partial charge on any atom is -0.502 e. The van der Waals surface area contributed by atoms with Gasteiger partial charge in [-0.05, 0) is 6.07 Å². The molecule has 9 heteroatoms. The molecule has 0 saturated heterocycles. The number of nitrogens with zero attached hydrogens (tertiary/aromatic N) is 4. The van der Waals surface area contributed by atoms with E-state index in [1.54, 1.807) is 7.05 Å². The van der Waals surface area contributed by atoms with Crippen molar-refractivity contribution in [2.45, 2.75) is 0 Å². The van der Waals surface area contributed by atoms with Crippen LogP contribution in [0.1, 0.15) is 10.4 Å². The van der Waals surface area contributed by atoms with Crippen LogP contribution in [0.3, 0.4) is 0 Å². The Kier molecular flexibility index (Phi) is 3.10. The summed E-state index contributed by atoms with van der Waals surface area (Å²) in [5.41, 5.74) is -0.747. The minimum absolute atomic E-state index is 0.163. The van der Waals surface area contributed by atoms with Gasteiger partial charge in [0.25, 0.3) is 5.91 Å². The van der Waals surface area contributed by atoms with Crippen LogP contribution in [0.4, 0.5) is 11.6 Å². The van der Waals surface area contributed by atoms with E-state index in [9.17, 15) is 20.0 Å². The van der Waals surface area contributed by atoms with E-state index in [-0.39, 0.29) is 11.5 Å². The highest BCUT2D eigenvalue weighted by Crippen LogP contribution is 2.29. The lowest BCUT2D eigenvalue weighted by atomic mass is 10.1. The minimum atomic E-state index is -0.769. The van der Waals surface area contributed by atoms with E-state index in [1.165, 1.54) is 23.1 Å². The summed E-state index contributed by atoms with van der Waals surface area (Å²) >= 11 is 0. The molecule has 0 atom stereocenters. The van der Waals surface area contributed by atoms with Crippen LogP contribution in [-0.2, 0) is 7.05 Å². The third-order valence-corrected chi connectivity index (χ3v) is 2.39. The van der Waals surface area contributed by atoms with Crippen molar-refractivity contribution in [1.82, 2.24) is 14.8 Å². The largest absolute Gasteiger partial charge is 0.502 e. The quantitative estimate of drug-likeness (QED) is 0.620. The van der Waals surface area contributed by atoms with Crippen molar-refractivity contribution in [3.8, 4) is 5.75 Å². The molecular formula is C10H9N5O4. The number of nitro groups is 1. The maximum atomic E-state index is 11.9. The molecule has 0 radical (unpaired) electrons. The normalized spacial score (nSPS) is 10.2. The maximum absolute atomic E-state index is 11.9. The second-order valence-electron chi connectivity index (χ2n) is 3.59. The summed E-state index contributed by atoms with van der Waals surface area (Å²) in [5, 5.41) is 26.5. The Balaban J connectivity index is 2.32. The zero-order valence-electron chi connectivity index (χ0n) is 9.77. The zero-order chi connectivity index (χ0) is 14.0.